The topological polar surface area (TPSA) is 20.2 Å². The molecule has 3 rings (SSSR count). The fourth-order valence-corrected chi connectivity index (χ4v) is 4.85. The van der Waals surface area contributed by atoms with Crippen LogP contribution in [0.3, 0.4) is 0 Å². The van der Waals surface area contributed by atoms with Gasteiger partial charge in [-0.1, -0.05) is 24.0 Å². The van der Waals surface area contributed by atoms with Gasteiger partial charge in [0.05, 0.1) is 6.10 Å². The Labute approximate surface area is 112 Å². The molecule has 0 aromatic heterocycles. The van der Waals surface area contributed by atoms with Crippen LogP contribution in [0.15, 0.2) is 11.1 Å². The van der Waals surface area contributed by atoms with Gasteiger partial charge in [0, 0.05) is 0 Å². The van der Waals surface area contributed by atoms with Gasteiger partial charge in [0.15, 0.2) is 0 Å². The Morgan fingerprint density at radius 1 is 0.778 bits per heavy atom. The van der Waals surface area contributed by atoms with E-state index < -0.39 is 0 Å². The van der Waals surface area contributed by atoms with Crippen molar-refractivity contribution in [2.24, 2.45) is 5.41 Å². The quantitative estimate of drug-likeness (QED) is 0.614. The van der Waals surface area contributed by atoms with Gasteiger partial charge in [0.1, 0.15) is 0 Å². The maximum Gasteiger partial charge on any atom is 0.0540 e. The summed E-state index contributed by atoms with van der Waals surface area (Å²) in [7, 11) is 0. The Hall–Kier alpha value is -0.300. The van der Waals surface area contributed by atoms with Gasteiger partial charge >= 0.3 is 0 Å². The van der Waals surface area contributed by atoms with Crippen LogP contribution >= 0.6 is 0 Å². The van der Waals surface area contributed by atoms with Crippen molar-refractivity contribution >= 4 is 0 Å². The molecular formula is C17H28O. The molecule has 18 heavy (non-hydrogen) atoms. The minimum atomic E-state index is -0.0134. The van der Waals surface area contributed by atoms with E-state index in [4.69, 9.17) is 0 Å². The molecular weight excluding hydrogens is 220 g/mol. The lowest BCUT2D eigenvalue weighted by atomic mass is 9.76. The average Bonchev–Trinajstić information content (AvgIpc) is 2.95. The molecule has 1 nitrogen and oxygen atoms in total. The summed E-state index contributed by atoms with van der Waals surface area (Å²) in [5.74, 6) is 0. The minimum absolute atomic E-state index is 0.0134. The standard InChI is InChI=1S/C17H28O/c18-15-8-3-6-14(7-4-9-15)16-10-5-13-17(16)11-1-2-12-17/h15,18H,1-13H2. The first-order valence-corrected chi connectivity index (χ1v) is 8.20. The van der Waals surface area contributed by atoms with Crippen LogP contribution < -0.4 is 0 Å². The van der Waals surface area contributed by atoms with E-state index in [-0.39, 0.29) is 6.10 Å². The third-order valence-corrected chi connectivity index (χ3v) is 5.74. The molecule has 0 atom stereocenters. The molecule has 3 aliphatic rings. The summed E-state index contributed by atoms with van der Waals surface area (Å²) in [6.07, 6.45) is 17.3. The van der Waals surface area contributed by atoms with Crippen LogP contribution in [0.4, 0.5) is 0 Å². The minimum Gasteiger partial charge on any atom is -0.393 e. The molecule has 0 unspecified atom stereocenters. The molecule has 0 radical (unpaired) electrons. The smallest absolute Gasteiger partial charge is 0.0540 e. The number of rotatable bonds is 0. The Morgan fingerprint density at radius 3 is 2.06 bits per heavy atom. The fraction of sp³-hybridized carbons (Fsp3) is 0.882. The second-order valence-electron chi connectivity index (χ2n) is 6.86. The van der Waals surface area contributed by atoms with E-state index in [1.807, 2.05) is 11.1 Å². The summed E-state index contributed by atoms with van der Waals surface area (Å²) in [6.45, 7) is 0. The van der Waals surface area contributed by atoms with Crippen LogP contribution in [0.25, 0.3) is 0 Å². The van der Waals surface area contributed by atoms with Crippen molar-refractivity contribution in [2.75, 3.05) is 0 Å². The van der Waals surface area contributed by atoms with Gasteiger partial charge in [-0.05, 0) is 76.0 Å². The van der Waals surface area contributed by atoms with Crippen molar-refractivity contribution < 1.29 is 5.11 Å². The Kier molecular flexibility index (Phi) is 3.79. The molecule has 0 amide bonds. The van der Waals surface area contributed by atoms with Crippen LogP contribution in [0, 0.1) is 5.41 Å². The zero-order chi connectivity index (χ0) is 12.4. The SMILES string of the molecule is OC1CCCC(=C2CCCC23CCCC3)CCC1. The molecule has 102 valence electrons. The molecule has 1 N–H and O–H groups in total. The van der Waals surface area contributed by atoms with Gasteiger partial charge in [0.25, 0.3) is 0 Å². The van der Waals surface area contributed by atoms with Crippen molar-refractivity contribution in [3.05, 3.63) is 11.1 Å². The molecule has 1 spiro atoms. The molecule has 0 aromatic carbocycles. The number of hydrogen-bond donors (Lipinski definition) is 1. The third-order valence-electron chi connectivity index (χ3n) is 5.74. The molecule has 0 heterocycles. The molecule has 0 aromatic rings. The largest absolute Gasteiger partial charge is 0.393 e. The fourth-order valence-electron chi connectivity index (χ4n) is 4.85. The van der Waals surface area contributed by atoms with Gasteiger partial charge in [0.2, 0.25) is 0 Å². The molecule has 3 aliphatic carbocycles. The highest BCUT2D eigenvalue weighted by atomic mass is 16.3. The number of allylic oxidation sites excluding steroid dienone is 2. The second kappa shape index (κ2) is 5.36. The Morgan fingerprint density at radius 2 is 1.39 bits per heavy atom. The summed E-state index contributed by atoms with van der Waals surface area (Å²) >= 11 is 0. The van der Waals surface area contributed by atoms with Gasteiger partial charge in [-0.25, -0.2) is 0 Å². The van der Waals surface area contributed by atoms with Crippen molar-refractivity contribution in [3.8, 4) is 0 Å². The van der Waals surface area contributed by atoms with E-state index in [1.165, 1.54) is 70.6 Å². The molecule has 0 bridgehead atoms. The molecule has 0 aliphatic heterocycles. The lowest BCUT2D eigenvalue weighted by Gasteiger charge is -2.29. The van der Waals surface area contributed by atoms with E-state index in [0.717, 1.165) is 12.8 Å². The monoisotopic (exact) mass is 248 g/mol. The normalized spacial score (nSPS) is 32.8. The van der Waals surface area contributed by atoms with Crippen LogP contribution in [0.1, 0.15) is 83.5 Å². The average molecular weight is 248 g/mol. The highest BCUT2D eigenvalue weighted by Crippen LogP contribution is 2.55. The van der Waals surface area contributed by atoms with Gasteiger partial charge in [-0.15, -0.1) is 0 Å². The van der Waals surface area contributed by atoms with Gasteiger partial charge in [-0.2, -0.15) is 0 Å². The van der Waals surface area contributed by atoms with E-state index in [2.05, 4.69) is 0 Å². The Bertz CT molecular complexity index is 305. The van der Waals surface area contributed by atoms with Crippen molar-refractivity contribution in [1.82, 2.24) is 0 Å². The maximum atomic E-state index is 9.75. The van der Waals surface area contributed by atoms with Crippen LogP contribution in [0.2, 0.25) is 0 Å². The van der Waals surface area contributed by atoms with Gasteiger partial charge in [-0.3, -0.25) is 0 Å². The maximum absolute atomic E-state index is 9.75. The van der Waals surface area contributed by atoms with E-state index in [0.29, 0.717) is 5.41 Å². The Balaban J connectivity index is 1.79. The number of aliphatic hydroxyl groups excluding tert-OH is 1. The van der Waals surface area contributed by atoms with Crippen LogP contribution in [0.5, 0.6) is 0 Å². The van der Waals surface area contributed by atoms with Crippen molar-refractivity contribution in [1.29, 1.82) is 0 Å². The molecule has 3 fully saturated rings. The van der Waals surface area contributed by atoms with Crippen molar-refractivity contribution in [2.45, 2.75) is 89.6 Å². The highest BCUT2D eigenvalue weighted by Gasteiger charge is 2.41. The predicted molar refractivity (Wildman–Crippen MR) is 75.5 cm³/mol. The van der Waals surface area contributed by atoms with E-state index in [1.54, 1.807) is 0 Å². The first kappa shape index (κ1) is 12.7. The first-order valence-electron chi connectivity index (χ1n) is 8.20. The molecule has 1 heteroatoms. The predicted octanol–water partition coefficient (Wildman–Crippen LogP) is 4.74. The zero-order valence-electron chi connectivity index (χ0n) is 11.7. The summed E-state index contributed by atoms with van der Waals surface area (Å²) < 4.78 is 0. The lowest BCUT2D eigenvalue weighted by molar-refractivity contribution is 0.145. The van der Waals surface area contributed by atoms with Crippen LogP contribution in [-0.2, 0) is 0 Å². The summed E-state index contributed by atoms with van der Waals surface area (Å²) in [5.41, 5.74) is 4.38. The summed E-state index contributed by atoms with van der Waals surface area (Å²) in [4.78, 5) is 0. The first-order chi connectivity index (χ1) is 8.80. The number of aliphatic hydroxyl groups is 1. The zero-order valence-corrected chi connectivity index (χ0v) is 11.7. The highest BCUT2D eigenvalue weighted by molar-refractivity contribution is 5.27. The van der Waals surface area contributed by atoms with Crippen LogP contribution in [-0.4, -0.2) is 11.2 Å². The van der Waals surface area contributed by atoms with E-state index >= 15 is 0 Å². The number of hydrogen-bond acceptors (Lipinski definition) is 1. The summed E-state index contributed by atoms with van der Waals surface area (Å²) in [5, 5.41) is 9.75. The molecule has 0 saturated heterocycles. The third kappa shape index (κ3) is 2.39. The second-order valence-corrected chi connectivity index (χ2v) is 6.86. The molecule has 3 saturated carbocycles. The van der Waals surface area contributed by atoms with Crippen molar-refractivity contribution in [3.63, 3.8) is 0 Å². The lowest BCUT2D eigenvalue weighted by Crippen LogP contribution is -2.16. The summed E-state index contributed by atoms with van der Waals surface area (Å²) in [6, 6.07) is 0. The van der Waals surface area contributed by atoms with Gasteiger partial charge < -0.3 is 5.11 Å². The van der Waals surface area contributed by atoms with E-state index in [9.17, 15) is 5.11 Å².